The number of pyridine rings is 1. The summed E-state index contributed by atoms with van der Waals surface area (Å²) in [5, 5.41) is 10.6. The molecule has 1 aliphatic rings. The summed E-state index contributed by atoms with van der Waals surface area (Å²) >= 11 is 0. The molecule has 0 saturated carbocycles. The van der Waals surface area contributed by atoms with Crippen LogP contribution in [-0.4, -0.2) is 42.8 Å². The highest BCUT2D eigenvalue weighted by molar-refractivity contribution is 6.14. The molecule has 4 rings (SSSR count). The highest BCUT2D eigenvalue weighted by atomic mass is 16.3. The van der Waals surface area contributed by atoms with Crippen LogP contribution in [0.25, 0.3) is 6.08 Å². The van der Waals surface area contributed by atoms with E-state index in [1.54, 1.807) is 43.1 Å². The lowest BCUT2D eigenvalue weighted by atomic mass is 9.96. The molecule has 0 aliphatic carbocycles. The SMILES string of the molecule is O=C(C=Cc1ccccc1)C1=C(O)C(=O)N(CCCn2ccnc2)C1c1cccnc1. The van der Waals surface area contributed by atoms with Gasteiger partial charge in [-0.15, -0.1) is 0 Å². The Kier molecular flexibility index (Phi) is 6.03. The average Bonchev–Trinajstić information content (AvgIpc) is 3.41. The summed E-state index contributed by atoms with van der Waals surface area (Å²) in [4.78, 5) is 35.6. The number of hydrogen-bond acceptors (Lipinski definition) is 5. The number of carbonyl (C=O) groups excluding carboxylic acids is 2. The van der Waals surface area contributed by atoms with Crippen molar-refractivity contribution in [2.75, 3.05) is 6.54 Å². The van der Waals surface area contributed by atoms with Gasteiger partial charge in [-0.05, 0) is 29.7 Å². The van der Waals surface area contributed by atoms with E-state index in [1.807, 2.05) is 41.1 Å². The van der Waals surface area contributed by atoms with Gasteiger partial charge in [-0.25, -0.2) is 4.98 Å². The molecule has 0 fully saturated rings. The third kappa shape index (κ3) is 4.45. The smallest absolute Gasteiger partial charge is 0.290 e. The highest BCUT2D eigenvalue weighted by Gasteiger charge is 2.42. The van der Waals surface area contributed by atoms with Gasteiger partial charge in [0.05, 0.1) is 17.9 Å². The number of aryl methyl sites for hydroxylation is 1. The molecule has 31 heavy (non-hydrogen) atoms. The maximum Gasteiger partial charge on any atom is 0.290 e. The van der Waals surface area contributed by atoms with Gasteiger partial charge in [0.25, 0.3) is 5.91 Å². The second-order valence-corrected chi connectivity index (χ2v) is 7.21. The number of allylic oxidation sites excluding steroid dienone is 1. The lowest BCUT2D eigenvalue weighted by molar-refractivity contribution is -0.129. The molecule has 1 aromatic carbocycles. The Bertz CT molecular complexity index is 1110. The van der Waals surface area contributed by atoms with Crippen LogP contribution in [0.5, 0.6) is 0 Å². The molecular formula is C24H22N4O3. The van der Waals surface area contributed by atoms with Crippen LogP contribution in [0.2, 0.25) is 0 Å². The molecule has 0 radical (unpaired) electrons. The van der Waals surface area contributed by atoms with Gasteiger partial charge < -0.3 is 14.6 Å². The predicted molar refractivity (Wildman–Crippen MR) is 116 cm³/mol. The maximum absolute atomic E-state index is 13.0. The molecule has 1 atom stereocenters. The van der Waals surface area contributed by atoms with E-state index in [2.05, 4.69) is 9.97 Å². The fourth-order valence-corrected chi connectivity index (χ4v) is 3.69. The van der Waals surface area contributed by atoms with Crippen molar-refractivity contribution in [1.82, 2.24) is 19.4 Å². The Morgan fingerprint density at radius 1 is 1.06 bits per heavy atom. The third-order valence-corrected chi connectivity index (χ3v) is 5.17. The molecule has 0 saturated heterocycles. The van der Waals surface area contributed by atoms with E-state index >= 15 is 0 Å². The zero-order chi connectivity index (χ0) is 21.6. The predicted octanol–water partition coefficient (Wildman–Crippen LogP) is 3.35. The normalized spacial score (nSPS) is 16.5. The summed E-state index contributed by atoms with van der Waals surface area (Å²) in [5.41, 5.74) is 1.61. The zero-order valence-electron chi connectivity index (χ0n) is 16.8. The van der Waals surface area contributed by atoms with Crippen molar-refractivity contribution in [2.45, 2.75) is 19.0 Å². The summed E-state index contributed by atoms with van der Waals surface area (Å²) in [7, 11) is 0. The Morgan fingerprint density at radius 2 is 1.90 bits per heavy atom. The molecule has 1 amide bonds. The number of nitrogens with zero attached hydrogens (tertiary/aromatic N) is 4. The maximum atomic E-state index is 13.0. The number of rotatable bonds is 8. The first-order chi connectivity index (χ1) is 15.1. The van der Waals surface area contributed by atoms with E-state index < -0.39 is 23.5 Å². The van der Waals surface area contributed by atoms with Gasteiger partial charge in [0, 0.05) is 37.9 Å². The lowest BCUT2D eigenvalue weighted by Crippen LogP contribution is -2.32. The van der Waals surface area contributed by atoms with Gasteiger partial charge in [0.15, 0.2) is 11.5 Å². The zero-order valence-corrected chi connectivity index (χ0v) is 16.8. The molecule has 156 valence electrons. The average molecular weight is 414 g/mol. The standard InChI is InChI=1S/C24H22N4O3/c29-20(10-9-18-6-2-1-3-7-18)21-22(19-8-4-11-25-16-19)28(24(31)23(21)30)14-5-13-27-15-12-26-17-27/h1-4,6-12,15-17,22,30H,5,13-14H2. The number of aliphatic hydroxyl groups is 1. The van der Waals surface area contributed by atoms with Crippen molar-refractivity contribution in [3.8, 4) is 0 Å². The number of aromatic nitrogens is 3. The van der Waals surface area contributed by atoms with Gasteiger partial charge >= 0.3 is 0 Å². The summed E-state index contributed by atoms with van der Waals surface area (Å²) in [6.45, 7) is 1.04. The number of carbonyl (C=O) groups is 2. The van der Waals surface area contributed by atoms with E-state index in [1.165, 1.54) is 11.0 Å². The van der Waals surface area contributed by atoms with E-state index in [4.69, 9.17) is 0 Å². The molecule has 7 heteroatoms. The van der Waals surface area contributed by atoms with Crippen molar-refractivity contribution in [2.24, 2.45) is 0 Å². The molecule has 7 nitrogen and oxygen atoms in total. The van der Waals surface area contributed by atoms with Gasteiger partial charge in [0.2, 0.25) is 0 Å². The molecule has 1 aliphatic heterocycles. The minimum absolute atomic E-state index is 0.0767. The first-order valence-electron chi connectivity index (χ1n) is 10.0. The number of imidazole rings is 1. The summed E-state index contributed by atoms with van der Waals surface area (Å²) in [6.07, 6.45) is 12.2. The monoisotopic (exact) mass is 414 g/mol. The van der Waals surface area contributed by atoms with Gasteiger partial charge in [-0.2, -0.15) is 0 Å². The van der Waals surface area contributed by atoms with Crippen LogP contribution < -0.4 is 0 Å². The van der Waals surface area contributed by atoms with Gasteiger partial charge in [0.1, 0.15) is 0 Å². The summed E-state index contributed by atoms with van der Waals surface area (Å²) in [6, 6.07) is 12.3. The number of hydrogen-bond donors (Lipinski definition) is 1. The van der Waals surface area contributed by atoms with Gasteiger partial charge in [-0.1, -0.05) is 42.5 Å². The van der Waals surface area contributed by atoms with Crippen molar-refractivity contribution in [3.63, 3.8) is 0 Å². The van der Waals surface area contributed by atoms with Crippen LogP contribution in [0.1, 0.15) is 23.6 Å². The molecule has 1 N–H and O–H groups in total. The third-order valence-electron chi connectivity index (χ3n) is 5.17. The van der Waals surface area contributed by atoms with Crippen molar-refractivity contribution >= 4 is 17.8 Å². The minimum atomic E-state index is -0.683. The van der Waals surface area contributed by atoms with E-state index in [9.17, 15) is 14.7 Å². The van der Waals surface area contributed by atoms with Crippen LogP contribution in [0.3, 0.4) is 0 Å². The first kappa shape index (κ1) is 20.3. The van der Waals surface area contributed by atoms with Crippen LogP contribution in [0, 0.1) is 0 Å². The molecule has 2 aromatic heterocycles. The van der Waals surface area contributed by atoms with Gasteiger partial charge in [-0.3, -0.25) is 14.6 Å². The number of amides is 1. The Morgan fingerprint density at radius 3 is 2.61 bits per heavy atom. The van der Waals surface area contributed by atoms with Crippen LogP contribution >= 0.6 is 0 Å². The Labute approximate surface area is 180 Å². The minimum Gasteiger partial charge on any atom is -0.503 e. The molecular weight excluding hydrogens is 392 g/mol. The molecule has 0 bridgehead atoms. The Balaban J connectivity index is 1.59. The summed E-state index contributed by atoms with van der Waals surface area (Å²) in [5.74, 6) is -1.45. The second-order valence-electron chi connectivity index (χ2n) is 7.21. The van der Waals surface area contributed by atoms with Crippen LogP contribution in [-0.2, 0) is 16.1 Å². The van der Waals surface area contributed by atoms with E-state index in [-0.39, 0.29) is 5.57 Å². The number of benzene rings is 1. The summed E-state index contributed by atoms with van der Waals surface area (Å²) < 4.78 is 1.92. The first-order valence-corrected chi connectivity index (χ1v) is 10.0. The van der Waals surface area contributed by atoms with Crippen molar-refractivity contribution in [3.05, 3.63) is 102 Å². The Hall–Kier alpha value is -4.00. The quantitative estimate of drug-likeness (QED) is 0.571. The lowest BCUT2D eigenvalue weighted by Gasteiger charge is -2.26. The number of aliphatic hydroxyl groups excluding tert-OH is 1. The van der Waals surface area contributed by atoms with E-state index in [0.29, 0.717) is 25.1 Å². The van der Waals surface area contributed by atoms with Crippen LogP contribution in [0.15, 0.2) is 91.0 Å². The molecule has 3 heterocycles. The van der Waals surface area contributed by atoms with Crippen molar-refractivity contribution in [1.29, 1.82) is 0 Å². The van der Waals surface area contributed by atoms with Crippen LogP contribution in [0.4, 0.5) is 0 Å². The fraction of sp³-hybridized carbons (Fsp3) is 0.167. The highest BCUT2D eigenvalue weighted by Crippen LogP contribution is 2.37. The molecule has 3 aromatic rings. The topological polar surface area (TPSA) is 88.3 Å². The number of ketones is 1. The van der Waals surface area contributed by atoms with E-state index in [0.717, 1.165) is 5.56 Å². The second kappa shape index (κ2) is 9.21. The largest absolute Gasteiger partial charge is 0.503 e. The fourth-order valence-electron chi connectivity index (χ4n) is 3.69. The molecule has 0 spiro atoms. The molecule has 1 unspecified atom stereocenters. The van der Waals surface area contributed by atoms with Crippen molar-refractivity contribution < 1.29 is 14.7 Å².